The quantitative estimate of drug-likeness (QED) is 0.644. The molecule has 2 aliphatic rings. The minimum atomic E-state index is -0.0926. The number of carbonyl (C=O) groups is 1. The summed E-state index contributed by atoms with van der Waals surface area (Å²) in [7, 11) is 0. The topological polar surface area (TPSA) is 57.3 Å². The van der Waals surface area contributed by atoms with Crippen molar-refractivity contribution in [3.63, 3.8) is 0 Å². The van der Waals surface area contributed by atoms with Crippen molar-refractivity contribution >= 4 is 11.7 Å². The molecule has 0 aliphatic carbocycles. The minimum absolute atomic E-state index is 0.0926. The maximum atomic E-state index is 11.8. The van der Waals surface area contributed by atoms with E-state index in [2.05, 4.69) is 20.5 Å². The Balaban J connectivity index is 2.13. The third-order valence-electron chi connectivity index (χ3n) is 2.82. The maximum absolute atomic E-state index is 11.8. The summed E-state index contributed by atoms with van der Waals surface area (Å²) in [6, 6.07) is 3.59. The lowest BCUT2D eigenvalue weighted by molar-refractivity contribution is 0.0971. The lowest BCUT2D eigenvalue weighted by Crippen LogP contribution is -2.42. The van der Waals surface area contributed by atoms with Gasteiger partial charge in [-0.2, -0.15) is 0 Å². The summed E-state index contributed by atoms with van der Waals surface area (Å²) >= 11 is 0. The zero-order valence-electron chi connectivity index (χ0n) is 8.73. The molecule has 0 bridgehead atoms. The standard InChI is InChI=1S/C11H12N4O/c16-11-9-2-1-3-13-10(9)15-5-4-12-6-8(15)7-14-11/h1-3,7,12H,4-6H2,(H,14,16). The van der Waals surface area contributed by atoms with Crippen LogP contribution < -0.4 is 15.5 Å². The van der Waals surface area contributed by atoms with Crippen molar-refractivity contribution in [2.75, 3.05) is 24.5 Å². The van der Waals surface area contributed by atoms with Crippen LogP contribution in [0.4, 0.5) is 5.82 Å². The molecule has 3 heterocycles. The molecule has 5 heteroatoms. The molecule has 5 nitrogen and oxygen atoms in total. The number of nitrogens with zero attached hydrogens (tertiary/aromatic N) is 2. The molecule has 0 atom stereocenters. The van der Waals surface area contributed by atoms with Gasteiger partial charge in [-0.1, -0.05) is 0 Å². The molecule has 1 amide bonds. The predicted molar refractivity (Wildman–Crippen MR) is 60.0 cm³/mol. The lowest BCUT2D eigenvalue weighted by Gasteiger charge is -2.30. The first-order valence-corrected chi connectivity index (χ1v) is 5.29. The molecule has 3 rings (SSSR count). The van der Waals surface area contributed by atoms with Crippen LogP contribution in [-0.4, -0.2) is 30.5 Å². The minimum Gasteiger partial charge on any atom is -0.327 e. The van der Waals surface area contributed by atoms with Gasteiger partial charge in [-0.25, -0.2) is 4.98 Å². The molecule has 2 aliphatic heterocycles. The van der Waals surface area contributed by atoms with E-state index >= 15 is 0 Å². The highest BCUT2D eigenvalue weighted by molar-refractivity contribution is 6.00. The van der Waals surface area contributed by atoms with E-state index in [4.69, 9.17) is 0 Å². The molecule has 0 radical (unpaired) electrons. The number of hydrogen-bond donors (Lipinski definition) is 2. The van der Waals surface area contributed by atoms with Gasteiger partial charge in [-0.05, 0) is 12.1 Å². The number of amides is 1. The Morgan fingerprint density at radius 3 is 3.31 bits per heavy atom. The van der Waals surface area contributed by atoms with Crippen LogP contribution in [0.5, 0.6) is 0 Å². The first kappa shape index (κ1) is 9.35. The maximum Gasteiger partial charge on any atom is 0.259 e. The van der Waals surface area contributed by atoms with E-state index in [-0.39, 0.29) is 5.91 Å². The van der Waals surface area contributed by atoms with Gasteiger partial charge in [-0.3, -0.25) is 4.79 Å². The Bertz CT molecular complexity index is 469. The van der Waals surface area contributed by atoms with Crippen LogP contribution in [0.15, 0.2) is 30.2 Å². The number of hydrogen-bond acceptors (Lipinski definition) is 4. The smallest absolute Gasteiger partial charge is 0.259 e. The number of pyridine rings is 1. The number of rotatable bonds is 0. The number of anilines is 1. The Kier molecular flexibility index (Phi) is 2.11. The summed E-state index contributed by atoms with van der Waals surface area (Å²) < 4.78 is 0. The normalized spacial score (nSPS) is 19.1. The second-order valence-corrected chi connectivity index (χ2v) is 3.81. The van der Waals surface area contributed by atoms with Gasteiger partial charge >= 0.3 is 0 Å². The average molecular weight is 216 g/mol. The van der Waals surface area contributed by atoms with Gasteiger partial charge < -0.3 is 15.5 Å². The van der Waals surface area contributed by atoms with Gasteiger partial charge in [-0.15, -0.1) is 0 Å². The van der Waals surface area contributed by atoms with E-state index < -0.39 is 0 Å². The Labute approximate surface area is 93.2 Å². The fourth-order valence-corrected chi connectivity index (χ4v) is 2.03. The van der Waals surface area contributed by atoms with Gasteiger partial charge in [0.1, 0.15) is 5.82 Å². The van der Waals surface area contributed by atoms with Gasteiger partial charge in [0.2, 0.25) is 0 Å². The molecule has 16 heavy (non-hydrogen) atoms. The summed E-state index contributed by atoms with van der Waals surface area (Å²) in [5, 5.41) is 6.05. The van der Waals surface area contributed by atoms with Crippen LogP contribution in [0.3, 0.4) is 0 Å². The first-order valence-electron chi connectivity index (χ1n) is 5.29. The molecule has 0 saturated carbocycles. The highest BCUT2D eigenvalue weighted by Gasteiger charge is 2.25. The Hall–Kier alpha value is -1.88. The number of fused-ring (bicyclic) bond motifs is 3. The lowest BCUT2D eigenvalue weighted by atomic mass is 10.2. The largest absolute Gasteiger partial charge is 0.327 e. The number of aromatic nitrogens is 1. The molecule has 1 aromatic heterocycles. The van der Waals surface area contributed by atoms with Crippen molar-refractivity contribution < 1.29 is 4.79 Å². The molecule has 1 aromatic rings. The summed E-state index contributed by atoms with van der Waals surface area (Å²) in [4.78, 5) is 18.2. The van der Waals surface area contributed by atoms with Crippen LogP contribution >= 0.6 is 0 Å². The SMILES string of the molecule is O=C1NC=C2CNCCN2c2ncccc21. The molecule has 0 spiro atoms. The monoisotopic (exact) mass is 216 g/mol. The number of piperazine rings is 1. The highest BCUT2D eigenvalue weighted by Crippen LogP contribution is 2.24. The zero-order valence-corrected chi connectivity index (χ0v) is 8.73. The van der Waals surface area contributed by atoms with Crippen molar-refractivity contribution in [2.24, 2.45) is 0 Å². The van der Waals surface area contributed by atoms with Crippen LogP contribution in [0, 0.1) is 0 Å². The summed E-state index contributed by atoms with van der Waals surface area (Å²) in [6.45, 7) is 2.50. The molecular weight excluding hydrogens is 204 g/mol. The second kappa shape index (κ2) is 3.61. The van der Waals surface area contributed by atoms with E-state index in [9.17, 15) is 4.79 Å². The van der Waals surface area contributed by atoms with E-state index in [1.54, 1.807) is 24.5 Å². The molecule has 82 valence electrons. The van der Waals surface area contributed by atoms with Gasteiger partial charge in [0.15, 0.2) is 0 Å². The van der Waals surface area contributed by atoms with Crippen molar-refractivity contribution in [3.05, 3.63) is 35.8 Å². The Morgan fingerprint density at radius 1 is 1.44 bits per heavy atom. The van der Waals surface area contributed by atoms with E-state index in [0.29, 0.717) is 5.56 Å². The predicted octanol–water partition coefficient (Wildman–Crippen LogP) is 0.0760. The van der Waals surface area contributed by atoms with E-state index in [0.717, 1.165) is 31.1 Å². The fourth-order valence-electron chi connectivity index (χ4n) is 2.03. The number of nitrogens with one attached hydrogen (secondary N) is 2. The van der Waals surface area contributed by atoms with Crippen molar-refractivity contribution in [1.82, 2.24) is 15.6 Å². The van der Waals surface area contributed by atoms with Gasteiger partial charge in [0, 0.05) is 37.7 Å². The van der Waals surface area contributed by atoms with Crippen molar-refractivity contribution in [2.45, 2.75) is 0 Å². The van der Waals surface area contributed by atoms with Crippen LogP contribution in [0.25, 0.3) is 0 Å². The van der Waals surface area contributed by atoms with Gasteiger partial charge in [0.25, 0.3) is 5.91 Å². The van der Waals surface area contributed by atoms with E-state index in [1.807, 2.05) is 0 Å². The molecular formula is C11H12N4O. The molecule has 1 fully saturated rings. The summed E-state index contributed by atoms with van der Waals surface area (Å²) in [6.07, 6.45) is 3.48. The van der Waals surface area contributed by atoms with Crippen molar-refractivity contribution in [3.8, 4) is 0 Å². The molecule has 0 aromatic carbocycles. The second-order valence-electron chi connectivity index (χ2n) is 3.81. The zero-order chi connectivity index (χ0) is 11.0. The van der Waals surface area contributed by atoms with Crippen LogP contribution in [0.1, 0.15) is 10.4 Å². The van der Waals surface area contributed by atoms with Crippen LogP contribution in [0.2, 0.25) is 0 Å². The first-order chi connectivity index (χ1) is 7.86. The molecule has 0 unspecified atom stereocenters. The summed E-state index contributed by atoms with van der Waals surface area (Å²) in [5.41, 5.74) is 1.69. The molecule has 2 N–H and O–H groups in total. The molecule has 1 saturated heterocycles. The third-order valence-corrected chi connectivity index (χ3v) is 2.82. The van der Waals surface area contributed by atoms with E-state index in [1.165, 1.54) is 0 Å². The average Bonchev–Trinajstić information content (AvgIpc) is 2.49. The third kappa shape index (κ3) is 1.37. The summed E-state index contributed by atoms with van der Waals surface area (Å²) in [5.74, 6) is 0.662. The van der Waals surface area contributed by atoms with Crippen LogP contribution in [-0.2, 0) is 0 Å². The van der Waals surface area contributed by atoms with Crippen molar-refractivity contribution in [1.29, 1.82) is 0 Å². The number of carbonyl (C=O) groups excluding carboxylic acids is 1. The highest BCUT2D eigenvalue weighted by atomic mass is 16.1. The Morgan fingerprint density at radius 2 is 2.38 bits per heavy atom. The fraction of sp³-hybridized carbons (Fsp3) is 0.273. The van der Waals surface area contributed by atoms with Gasteiger partial charge in [0.05, 0.1) is 5.56 Å².